The smallest absolute Gasteiger partial charge is 0.313 e. The molecule has 1 amide bonds. The third-order valence-corrected chi connectivity index (χ3v) is 4.72. The van der Waals surface area contributed by atoms with Crippen molar-refractivity contribution in [3.63, 3.8) is 0 Å². The Morgan fingerprint density at radius 2 is 1.95 bits per heavy atom. The summed E-state index contributed by atoms with van der Waals surface area (Å²) in [7, 11) is 0. The lowest BCUT2D eigenvalue weighted by Crippen LogP contribution is -2.32. The minimum Gasteiger partial charge on any atom is -0.481 e. The normalized spacial score (nSPS) is 20.6. The molecule has 0 spiro atoms. The van der Waals surface area contributed by atoms with Gasteiger partial charge < -0.3 is 10.4 Å². The maximum Gasteiger partial charge on any atom is 0.313 e. The van der Waals surface area contributed by atoms with Crippen LogP contribution in [0.15, 0.2) is 30.3 Å². The second-order valence-electron chi connectivity index (χ2n) is 5.45. The van der Waals surface area contributed by atoms with Crippen LogP contribution in [-0.2, 0) is 9.59 Å². The summed E-state index contributed by atoms with van der Waals surface area (Å²) in [5.74, 6) is 1.11. The highest BCUT2D eigenvalue weighted by atomic mass is 32.2. The molecule has 0 bridgehead atoms. The summed E-state index contributed by atoms with van der Waals surface area (Å²) < 4.78 is 0. The average Bonchev–Trinajstić information content (AvgIpc) is 2.42. The topological polar surface area (TPSA) is 66.4 Å². The Morgan fingerprint density at radius 3 is 2.62 bits per heavy atom. The van der Waals surface area contributed by atoms with Gasteiger partial charge in [-0.05, 0) is 30.2 Å². The molecule has 1 saturated carbocycles. The van der Waals surface area contributed by atoms with E-state index in [0.717, 1.165) is 12.8 Å². The lowest BCUT2D eigenvalue weighted by atomic mass is 9.70. The summed E-state index contributed by atoms with van der Waals surface area (Å²) >= 11 is 1.33. The molecular formula is C16H21NO3S. The molecule has 2 rings (SSSR count). The van der Waals surface area contributed by atoms with Crippen LogP contribution in [0.25, 0.3) is 0 Å². The van der Waals surface area contributed by atoms with Gasteiger partial charge in [-0.15, -0.1) is 11.8 Å². The van der Waals surface area contributed by atoms with Crippen LogP contribution in [-0.4, -0.2) is 35.0 Å². The van der Waals surface area contributed by atoms with E-state index in [4.69, 9.17) is 5.11 Å². The number of carboxylic acids is 1. The van der Waals surface area contributed by atoms with Crippen molar-refractivity contribution in [3.8, 4) is 0 Å². The van der Waals surface area contributed by atoms with Crippen molar-refractivity contribution < 1.29 is 14.7 Å². The molecule has 4 nitrogen and oxygen atoms in total. The Morgan fingerprint density at radius 1 is 1.24 bits per heavy atom. The van der Waals surface area contributed by atoms with Crippen molar-refractivity contribution in [2.75, 3.05) is 18.1 Å². The number of nitrogens with one attached hydrogen (secondary N) is 1. The van der Waals surface area contributed by atoms with Crippen LogP contribution in [0.2, 0.25) is 0 Å². The SMILES string of the molecule is O=C(O)CSCCNC(=O)CC1CC(c2ccccc2)C1. The lowest BCUT2D eigenvalue weighted by molar-refractivity contribution is -0.133. The van der Waals surface area contributed by atoms with Crippen LogP contribution in [0, 0.1) is 5.92 Å². The first-order valence-corrected chi connectivity index (χ1v) is 8.42. The average molecular weight is 307 g/mol. The molecule has 1 aliphatic rings. The molecular weight excluding hydrogens is 286 g/mol. The zero-order valence-electron chi connectivity index (χ0n) is 12.0. The molecule has 0 saturated heterocycles. The van der Waals surface area contributed by atoms with Gasteiger partial charge >= 0.3 is 5.97 Å². The molecule has 1 fully saturated rings. The number of carboxylic acid groups (broad SMARTS) is 1. The van der Waals surface area contributed by atoms with Crippen LogP contribution < -0.4 is 5.32 Å². The maximum absolute atomic E-state index is 11.7. The zero-order chi connectivity index (χ0) is 15.1. The highest BCUT2D eigenvalue weighted by molar-refractivity contribution is 7.99. The molecule has 0 heterocycles. The summed E-state index contributed by atoms with van der Waals surface area (Å²) in [6.45, 7) is 0.547. The number of benzene rings is 1. The summed E-state index contributed by atoms with van der Waals surface area (Å²) in [6.07, 6.45) is 2.77. The Bertz CT molecular complexity index is 472. The Labute approximate surface area is 129 Å². The van der Waals surface area contributed by atoms with E-state index in [1.165, 1.54) is 17.3 Å². The molecule has 0 radical (unpaired) electrons. The van der Waals surface area contributed by atoms with Crippen LogP contribution in [0.5, 0.6) is 0 Å². The fraction of sp³-hybridized carbons (Fsp3) is 0.500. The fourth-order valence-corrected chi connectivity index (χ4v) is 3.22. The van der Waals surface area contributed by atoms with Gasteiger partial charge in [0, 0.05) is 18.7 Å². The molecule has 1 aromatic carbocycles. The third kappa shape index (κ3) is 5.42. The van der Waals surface area contributed by atoms with Crippen LogP contribution in [0.1, 0.15) is 30.7 Å². The quantitative estimate of drug-likeness (QED) is 0.724. The number of rotatable bonds is 8. The van der Waals surface area contributed by atoms with Gasteiger partial charge in [-0.1, -0.05) is 30.3 Å². The molecule has 1 aromatic rings. The summed E-state index contributed by atoms with van der Waals surface area (Å²) in [5, 5.41) is 11.3. The van der Waals surface area contributed by atoms with Crippen molar-refractivity contribution in [1.29, 1.82) is 0 Å². The minimum atomic E-state index is -0.812. The predicted octanol–water partition coefficient (Wildman–Crippen LogP) is 2.50. The number of hydrogen-bond donors (Lipinski definition) is 2. The number of hydrogen-bond acceptors (Lipinski definition) is 3. The Hall–Kier alpha value is -1.49. The van der Waals surface area contributed by atoms with Gasteiger partial charge in [-0.3, -0.25) is 9.59 Å². The molecule has 0 aromatic heterocycles. The van der Waals surface area contributed by atoms with Crippen molar-refractivity contribution in [2.24, 2.45) is 5.92 Å². The summed E-state index contributed by atoms with van der Waals surface area (Å²) in [5.41, 5.74) is 1.37. The monoisotopic (exact) mass is 307 g/mol. The molecule has 114 valence electrons. The molecule has 0 aliphatic heterocycles. The minimum absolute atomic E-state index is 0.0856. The first kappa shape index (κ1) is 15.9. The van der Waals surface area contributed by atoms with E-state index >= 15 is 0 Å². The van der Waals surface area contributed by atoms with E-state index in [0.29, 0.717) is 30.6 Å². The third-order valence-electron chi connectivity index (χ3n) is 3.77. The standard InChI is InChI=1S/C16H21NO3S/c18-15(17-6-7-21-11-16(19)20)10-12-8-14(9-12)13-4-2-1-3-5-13/h1-5,12,14H,6-11H2,(H,17,18)(H,19,20). The van der Waals surface area contributed by atoms with Gasteiger partial charge in [0.25, 0.3) is 0 Å². The van der Waals surface area contributed by atoms with Crippen LogP contribution >= 0.6 is 11.8 Å². The largest absolute Gasteiger partial charge is 0.481 e. The van der Waals surface area contributed by atoms with Gasteiger partial charge in [-0.25, -0.2) is 0 Å². The number of carbonyl (C=O) groups excluding carboxylic acids is 1. The van der Waals surface area contributed by atoms with Gasteiger partial charge in [-0.2, -0.15) is 0 Å². The molecule has 21 heavy (non-hydrogen) atoms. The molecule has 1 aliphatic carbocycles. The number of amides is 1. The highest BCUT2D eigenvalue weighted by Gasteiger charge is 2.31. The first-order chi connectivity index (χ1) is 10.1. The Kier molecular flexibility index (Phi) is 6.11. The van der Waals surface area contributed by atoms with Crippen LogP contribution in [0.3, 0.4) is 0 Å². The number of thioether (sulfide) groups is 1. The first-order valence-electron chi connectivity index (χ1n) is 7.26. The molecule has 0 atom stereocenters. The summed E-state index contributed by atoms with van der Waals surface area (Å²) in [4.78, 5) is 22.1. The van der Waals surface area contributed by atoms with Gasteiger partial charge in [0.2, 0.25) is 5.91 Å². The number of carbonyl (C=O) groups is 2. The zero-order valence-corrected chi connectivity index (χ0v) is 12.8. The predicted molar refractivity (Wildman–Crippen MR) is 84.5 cm³/mol. The second kappa shape index (κ2) is 8.08. The van der Waals surface area contributed by atoms with E-state index in [-0.39, 0.29) is 11.7 Å². The van der Waals surface area contributed by atoms with Gasteiger partial charge in [0.1, 0.15) is 0 Å². The van der Waals surface area contributed by atoms with Crippen LogP contribution in [0.4, 0.5) is 0 Å². The van der Waals surface area contributed by atoms with E-state index in [1.54, 1.807) is 0 Å². The summed E-state index contributed by atoms with van der Waals surface area (Å²) in [6, 6.07) is 10.4. The van der Waals surface area contributed by atoms with E-state index in [9.17, 15) is 9.59 Å². The molecule has 0 unspecified atom stereocenters. The highest BCUT2D eigenvalue weighted by Crippen LogP contribution is 2.43. The lowest BCUT2D eigenvalue weighted by Gasteiger charge is -2.35. The van der Waals surface area contributed by atoms with E-state index < -0.39 is 5.97 Å². The van der Waals surface area contributed by atoms with Gasteiger partial charge in [0.15, 0.2) is 0 Å². The molecule has 5 heteroatoms. The van der Waals surface area contributed by atoms with E-state index in [2.05, 4.69) is 29.6 Å². The molecule has 2 N–H and O–H groups in total. The fourth-order valence-electron chi connectivity index (χ4n) is 2.66. The second-order valence-corrected chi connectivity index (χ2v) is 6.55. The number of aliphatic carboxylic acids is 1. The van der Waals surface area contributed by atoms with Crippen molar-refractivity contribution >= 4 is 23.6 Å². The Balaban J connectivity index is 1.55. The van der Waals surface area contributed by atoms with Crippen molar-refractivity contribution in [3.05, 3.63) is 35.9 Å². The van der Waals surface area contributed by atoms with Gasteiger partial charge in [0.05, 0.1) is 5.75 Å². The van der Waals surface area contributed by atoms with Crippen molar-refractivity contribution in [1.82, 2.24) is 5.32 Å². The van der Waals surface area contributed by atoms with E-state index in [1.807, 2.05) is 6.07 Å². The van der Waals surface area contributed by atoms with Crippen molar-refractivity contribution in [2.45, 2.75) is 25.2 Å². The maximum atomic E-state index is 11.7.